The zero-order valence-corrected chi connectivity index (χ0v) is 24.7. The van der Waals surface area contributed by atoms with Crippen LogP contribution in [0.3, 0.4) is 0 Å². The molecule has 2 N–H and O–H groups in total. The van der Waals surface area contributed by atoms with Crippen molar-refractivity contribution in [1.29, 1.82) is 0 Å². The van der Waals surface area contributed by atoms with Gasteiger partial charge >= 0.3 is 12.3 Å². The van der Waals surface area contributed by atoms with Crippen LogP contribution in [0.2, 0.25) is 0 Å². The molecule has 1 saturated heterocycles. The smallest absolute Gasteiger partial charge is 0.432 e. The zero-order valence-electron chi connectivity index (χ0n) is 24.7. The molecule has 2 atom stereocenters. The summed E-state index contributed by atoms with van der Waals surface area (Å²) in [6, 6.07) is 10.8. The highest BCUT2D eigenvalue weighted by Gasteiger charge is 2.35. The quantitative estimate of drug-likeness (QED) is 0.177. The first-order chi connectivity index (χ1) is 21.7. The van der Waals surface area contributed by atoms with E-state index in [-0.39, 0.29) is 42.4 Å². The van der Waals surface area contributed by atoms with Gasteiger partial charge in [0, 0.05) is 23.8 Å². The van der Waals surface area contributed by atoms with E-state index < -0.39 is 35.4 Å². The Labute approximate surface area is 256 Å². The SMILES string of the molecule is COCCOCCOCCOCCOC(=O)OCC1C[C@@H](c2ccc3cc(-c4ccccc4C(F)(F)F)[nH]c(=O)c3c2)C(=O)N1. The fraction of sp³-hybridized carbons (Fsp3) is 0.452. The van der Waals surface area contributed by atoms with Crippen molar-refractivity contribution in [1.82, 2.24) is 10.3 Å². The number of hydrogen-bond donors (Lipinski definition) is 2. The number of methoxy groups -OCH3 is 1. The van der Waals surface area contributed by atoms with Gasteiger partial charge in [0.15, 0.2) is 0 Å². The van der Waals surface area contributed by atoms with Gasteiger partial charge in [-0.15, -0.1) is 0 Å². The van der Waals surface area contributed by atoms with E-state index in [1.54, 1.807) is 25.3 Å². The van der Waals surface area contributed by atoms with E-state index in [1.165, 1.54) is 24.3 Å². The second-order valence-electron chi connectivity index (χ2n) is 10.1. The number of H-pyrrole nitrogens is 1. The molecule has 1 aliphatic heterocycles. The molecular formula is C31H35F3N2O9. The molecule has 45 heavy (non-hydrogen) atoms. The molecule has 0 radical (unpaired) electrons. The van der Waals surface area contributed by atoms with E-state index in [0.29, 0.717) is 57.0 Å². The summed E-state index contributed by atoms with van der Waals surface area (Å²) in [5, 5.41) is 3.43. The minimum absolute atomic E-state index is 0.0201. The van der Waals surface area contributed by atoms with Gasteiger partial charge in [0.25, 0.3) is 5.56 Å². The predicted molar refractivity (Wildman–Crippen MR) is 156 cm³/mol. The normalized spacial score (nSPS) is 16.6. The maximum Gasteiger partial charge on any atom is 0.508 e. The second-order valence-corrected chi connectivity index (χ2v) is 10.1. The molecule has 1 aromatic heterocycles. The third-order valence-corrected chi connectivity index (χ3v) is 7.00. The van der Waals surface area contributed by atoms with Crippen molar-refractivity contribution >= 4 is 22.8 Å². The van der Waals surface area contributed by atoms with E-state index in [0.717, 1.165) is 6.07 Å². The van der Waals surface area contributed by atoms with Gasteiger partial charge in [0.2, 0.25) is 5.91 Å². The minimum atomic E-state index is -4.59. The maximum absolute atomic E-state index is 13.5. The number of fused-ring (bicyclic) bond motifs is 1. The number of benzene rings is 2. The van der Waals surface area contributed by atoms with Gasteiger partial charge in [-0.25, -0.2) is 4.79 Å². The number of aromatic nitrogens is 1. The summed E-state index contributed by atoms with van der Waals surface area (Å²) in [7, 11) is 1.60. The summed E-state index contributed by atoms with van der Waals surface area (Å²) < 4.78 is 71.5. The molecule has 3 aromatic rings. The van der Waals surface area contributed by atoms with Crippen molar-refractivity contribution in [3.63, 3.8) is 0 Å². The highest BCUT2D eigenvalue weighted by molar-refractivity contribution is 5.90. The van der Waals surface area contributed by atoms with Crippen LogP contribution in [0.25, 0.3) is 22.0 Å². The number of carbonyl (C=O) groups excluding carboxylic acids is 2. The molecule has 1 amide bonds. The standard InChI is InChI=1S/C31H35F3N2O9/c1-40-8-9-41-10-11-42-12-13-43-14-15-44-30(39)45-19-22-18-25(28(37)35-22)20-6-7-21-17-27(36-29(38)24(21)16-20)23-4-2-3-5-26(23)31(32,33)34/h2-7,16-17,22,25H,8-15,18-19H2,1H3,(H,35,37)(H,36,38)/t22?,25-/m0/s1. The van der Waals surface area contributed by atoms with Crippen LogP contribution >= 0.6 is 0 Å². The molecule has 14 heteroatoms. The van der Waals surface area contributed by atoms with Gasteiger partial charge < -0.3 is 38.7 Å². The number of aromatic amines is 1. The third kappa shape index (κ3) is 9.75. The van der Waals surface area contributed by atoms with Gasteiger partial charge in [-0.2, -0.15) is 13.2 Å². The Balaban J connectivity index is 1.22. The number of nitrogens with one attached hydrogen (secondary N) is 2. The highest BCUT2D eigenvalue weighted by atomic mass is 19.4. The number of rotatable bonds is 16. The Kier molecular flexibility index (Phi) is 12.3. The summed E-state index contributed by atoms with van der Waals surface area (Å²) in [6.07, 6.45) is -5.20. The summed E-state index contributed by atoms with van der Waals surface area (Å²) in [4.78, 5) is 40.1. The summed E-state index contributed by atoms with van der Waals surface area (Å²) in [6.45, 7) is 2.62. The average Bonchev–Trinajstić information content (AvgIpc) is 3.40. The summed E-state index contributed by atoms with van der Waals surface area (Å²) >= 11 is 0. The van der Waals surface area contributed by atoms with Crippen molar-refractivity contribution in [3.8, 4) is 11.3 Å². The third-order valence-electron chi connectivity index (χ3n) is 7.00. The topological polar surface area (TPSA) is 134 Å². The molecular weight excluding hydrogens is 601 g/mol. The largest absolute Gasteiger partial charge is 0.508 e. The molecule has 11 nitrogen and oxygen atoms in total. The monoisotopic (exact) mass is 636 g/mol. The molecule has 1 aliphatic rings. The van der Waals surface area contributed by atoms with Crippen LogP contribution in [0.5, 0.6) is 0 Å². The molecule has 1 fully saturated rings. The fourth-order valence-electron chi connectivity index (χ4n) is 4.83. The molecule has 0 bridgehead atoms. The first-order valence-electron chi connectivity index (χ1n) is 14.3. The minimum Gasteiger partial charge on any atom is -0.432 e. The molecule has 0 aliphatic carbocycles. The van der Waals surface area contributed by atoms with E-state index in [4.69, 9.17) is 28.4 Å². The lowest BCUT2D eigenvalue weighted by Gasteiger charge is -2.14. The van der Waals surface area contributed by atoms with Crippen molar-refractivity contribution in [2.75, 3.05) is 66.6 Å². The van der Waals surface area contributed by atoms with Crippen LogP contribution in [0.15, 0.2) is 53.3 Å². The van der Waals surface area contributed by atoms with Gasteiger partial charge in [-0.05, 0) is 35.6 Å². The van der Waals surface area contributed by atoms with E-state index in [1.807, 2.05) is 0 Å². The molecule has 0 saturated carbocycles. The van der Waals surface area contributed by atoms with Crippen LogP contribution in [0.4, 0.5) is 18.0 Å². The maximum atomic E-state index is 13.5. The van der Waals surface area contributed by atoms with Crippen LogP contribution < -0.4 is 10.9 Å². The van der Waals surface area contributed by atoms with Gasteiger partial charge in [0.05, 0.1) is 63.8 Å². The Bertz CT molecular complexity index is 1500. The molecule has 2 aromatic carbocycles. The van der Waals surface area contributed by atoms with Gasteiger partial charge in [-0.1, -0.05) is 30.3 Å². The Hall–Kier alpha value is -3.98. The van der Waals surface area contributed by atoms with Gasteiger partial charge in [0.1, 0.15) is 13.2 Å². The predicted octanol–water partition coefficient (Wildman–Crippen LogP) is 4.04. The first-order valence-corrected chi connectivity index (χ1v) is 14.3. The van der Waals surface area contributed by atoms with Crippen LogP contribution in [-0.4, -0.2) is 89.7 Å². The fourth-order valence-corrected chi connectivity index (χ4v) is 4.83. The number of halogens is 3. The second kappa shape index (κ2) is 16.4. The lowest BCUT2D eigenvalue weighted by atomic mass is 9.93. The molecule has 1 unspecified atom stereocenters. The molecule has 2 heterocycles. The lowest BCUT2D eigenvalue weighted by molar-refractivity contribution is -0.137. The Morgan fingerprint density at radius 1 is 0.867 bits per heavy atom. The summed E-state index contributed by atoms with van der Waals surface area (Å²) in [5.74, 6) is -0.919. The van der Waals surface area contributed by atoms with Crippen LogP contribution in [-0.2, 0) is 39.4 Å². The highest BCUT2D eigenvalue weighted by Crippen LogP contribution is 2.37. The lowest BCUT2D eigenvalue weighted by Crippen LogP contribution is -2.31. The van der Waals surface area contributed by atoms with E-state index in [2.05, 4.69) is 10.3 Å². The number of pyridine rings is 1. The van der Waals surface area contributed by atoms with E-state index in [9.17, 15) is 27.6 Å². The number of alkyl halides is 3. The first kappa shape index (κ1) is 33.9. The molecule has 0 spiro atoms. The van der Waals surface area contributed by atoms with E-state index >= 15 is 0 Å². The average molecular weight is 637 g/mol. The van der Waals surface area contributed by atoms with Crippen LogP contribution in [0.1, 0.15) is 23.5 Å². The summed E-state index contributed by atoms with van der Waals surface area (Å²) in [5.41, 5.74) is -0.992. The van der Waals surface area contributed by atoms with Gasteiger partial charge in [-0.3, -0.25) is 9.59 Å². The van der Waals surface area contributed by atoms with Crippen molar-refractivity contribution < 1.29 is 51.2 Å². The number of ether oxygens (including phenoxy) is 6. The number of hydrogen-bond acceptors (Lipinski definition) is 9. The van der Waals surface area contributed by atoms with Crippen molar-refractivity contribution in [3.05, 3.63) is 70.0 Å². The Morgan fingerprint density at radius 2 is 1.53 bits per heavy atom. The molecule has 4 rings (SSSR count). The van der Waals surface area contributed by atoms with Crippen molar-refractivity contribution in [2.24, 2.45) is 0 Å². The number of carbonyl (C=O) groups is 2. The Morgan fingerprint density at radius 3 is 2.22 bits per heavy atom. The van der Waals surface area contributed by atoms with Crippen LogP contribution in [0, 0.1) is 0 Å². The molecule has 244 valence electrons. The zero-order chi connectivity index (χ0) is 32.2. The van der Waals surface area contributed by atoms with Crippen molar-refractivity contribution in [2.45, 2.75) is 24.6 Å². The number of amides is 1.